The zero-order valence-corrected chi connectivity index (χ0v) is 9.11. The molecular formula is C8H10BrNOS. The van der Waals surface area contributed by atoms with Crippen molar-refractivity contribution in [3.05, 3.63) is 22.7 Å². The summed E-state index contributed by atoms with van der Waals surface area (Å²) in [6.07, 6.45) is 0. The van der Waals surface area contributed by atoms with Crippen LogP contribution < -0.4 is 10.5 Å². The normalized spacial score (nSPS) is 9.92. The summed E-state index contributed by atoms with van der Waals surface area (Å²) in [4.78, 5) is 1.14. The van der Waals surface area contributed by atoms with Gasteiger partial charge >= 0.3 is 0 Å². The molecule has 0 aromatic heterocycles. The molecule has 0 saturated heterocycles. The second kappa shape index (κ2) is 4.74. The topological polar surface area (TPSA) is 35.2 Å². The van der Waals surface area contributed by atoms with Crippen molar-refractivity contribution in [3.8, 4) is 5.75 Å². The lowest BCUT2D eigenvalue weighted by atomic mass is 10.3. The van der Waals surface area contributed by atoms with Gasteiger partial charge in [0.1, 0.15) is 5.75 Å². The smallest absolute Gasteiger partial charge is 0.133 e. The predicted molar refractivity (Wildman–Crippen MR) is 55.6 cm³/mol. The third-order valence-electron chi connectivity index (χ3n) is 1.37. The van der Waals surface area contributed by atoms with Crippen LogP contribution in [-0.2, 0) is 0 Å². The molecule has 0 fully saturated rings. The highest BCUT2D eigenvalue weighted by atomic mass is 79.9. The Kier molecular flexibility index (Phi) is 3.91. The first kappa shape index (κ1) is 9.89. The third-order valence-corrected chi connectivity index (χ3v) is 2.75. The Hall–Kier alpha value is -0.190. The van der Waals surface area contributed by atoms with E-state index in [4.69, 9.17) is 10.5 Å². The Bertz CT molecular complexity index is 267. The Morgan fingerprint density at radius 3 is 2.83 bits per heavy atom. The van der Waals surface area contributed by atoms with Gasteiger partial charge < -0.3 is 10.5 Å². The Morgan fingerprint density at radius 1 is 1.58 bits per heavy atom. The van der Waals surface area contributed by atoms with Crippen LogP contribution in [0.15, 0.2) is 27.6 Å². The van der Waals surface area contributed by atoms with Crippen molar-refractivity contribution >= 4 is 27.7 Å². The van der Waals surface area contributed by atoms with Gasteiger partial charge in [-0.15, -0.1) is 11.8 Å². The maximum Gasteiger partial charge on any atom is 0.133 e. The summed E-state index contributed by atoms with van der Waals surface area (Å²) >= 11 is 5.00. The highest BCUT2D eigenvalue weighted by Gasteiger charge is 2.00. The summed E-state index contributed by atoms with van der Waals surface area (Å²) in [5.41, 5.74) is 5.40. The second-order valence-corrected chi connectivity index (χ2v) is 4.06. The number of hydrogen-bond acceptors (Lipinski definition) is 3. The first-order valence-corrected chi connectivity index (χ1v) is 5.22. The van der Waals surface area contributed by atoms with E-state index in [0.29, 0.717) is 5.88 Å². The van der Waals surface area contributed by atoms with E-state index in [0.717, 1.165) is 15.1 Å². The van der Waals surface area contributed by atoms with E-state index in [-0.39, 0.29) is 0 Å². The molecule has 2 N–H and O–H groups in total. The number of halogens is 1. The van der Waals surface area contributed by atoms with E-state index in [2.05, 4.69) is 15.9 Å². The average Bonchev–Trinajstić information content (AvgIpc) is 2.05. The molecule has 0 spiro atoms. The fourth-order valence-corrected chi connectivity index (χ4v) is 2.08. The molecule has 1 rings (SSSR count). The minimum atomic E-state index is 0.596. The van der Waals surface area contributed by atoms with E-state index < -0.39 is 0 Å². The van der Waals surface area contributed by atoms with Crippen molar-refractivity contribution in [2.75, 3.05) is 13.0 Å². The van der Waals surface area contributed by atoms with Crippen molar-refractivity contribution in [1.82, 2.24) is 0 Å². The van der Waals surface area contributed by atoms with Crippen LogP contribution in [0.4, 0.5) is 0 Å². The van der Waals surface area contributed by atoms with Crippen LogP contribution in [0.2, 0.25) is 0 Å². The molecule has 0 aliphatic carbocycles. The largest absolute Gasteiger partial charge is 0.496 e. The maximum absolute atomic E-state index is 5.40. The summed E-state index contributed by atoms with van der Waals surface area (Å²) in [6.45, 7) is 0. The summed E-state index contributed by atoms with van der Waals surface area (Å²) in [7, 11) is 1.65. The monoisotopic (exact) mass is 247 g/mol. The molecule has 0 aliphatic heterocycles. The lowest BCUT2D eigenvalue weighted by Crippen LogP contribution is -1.92. The van der Waals surface area contributed by atoms with Crippen molar-refractivity contribution in [1.29, 1.82) is 0 Å². The predicted octanol–water partition coefficient (Wildman–Crippen LogP) is 2.47. The quantitative estimate of drug-likeness (QED) is 0.659. The number of methoxy groups -OCH3 is 1. The zero-order chi connectivity index (χ0) is 8.97. The first-order chi connectivity index (χ1) is 5.77. The van der Waals surface area contributed by atoms with Gasteiger partial charge in [-0.25, -0.2) is 0 Å². The number of benzene rings is 1. The van der Waals surface area contributed by atoms with Crippen LogP contribution in [0.1, 0.15) is 0 Å². The molecule has 0 radical (unpaired) electrons. The summed E-state index contributed by atoms with van der Waals surface area (Å²) in [6, 6.07) is 5.90. The Labute approximate surface area is 84.6 Å². The fraction of sp³-hybridized carbons (Fsp3) is 0.250. The molecule has 12 heavy (non-hydrogen) atoms. The molecule has 0 heterocycles. The minimum Gasteiger partial charge on any atom is -0.496 e. The standard InChI is InChI=1S/C8H10BrNOS/c1-11-8-3-2-6(12-5-10)4-7(8)9/h2-4H,5,10H2,1H3. The van der Waals surface area contributed by atoms with E-state index in [1.807, 2.05) is 18.2 Å². The van der Waals surface area contributed by atoms with Gasteiger partial charge in [0.05, 0.1) is 11.6 Å². The molecule has 4 heteroatoms. The van der Waals surface area contributed by atoms with Crippen LogP contribution in [0.5, 0.6) is 5.75 Å². The van der Waals surface area contributed by atoms with E-state index in [1.165, 1.54) is 0 Å². The number of nitrogens with two attached hydrogens (primary N) is 1. The van der Waals surface area contributed by atoms with Crippen molar-refractivity contribution in [2.24, 2.45) is 5.73 Å². The highest BCUT2D eigenvalue weighted by Crippen LogP contribution is 2.29. The Balaban J connectivity index is 2.86. The van der Waals surface area contributed by atoms with Crippen LogP contribution in [0, 0.1) is 0 Å². The van der Waals surface area contributed by atoms with Gasteiger partial charge in [0.2, 0.25) is 0 Å². The van der Waals surface area contributed by atoms with Crippen molar-refractivity contribution in [3.63, 3.8) is 0 Å². The molecule has 0 unspecified atom stereocenters. The van der Waals surface area contributed by atoms with Gasteiger partial charge in [-0.1, -0.05) is 0 Å². The molecule has 1 aromatic rings. The van der Waals surface area contributed by atoms with Gasteiger partial charge in [0.25, 0.3) is 0 Å². The van der Waals surface area contributed by atoms with Crippen LogP contribution >= 0.6 is 27.7 Å². The van der Waals surface area contributed by atoms with E-state index in [9.17, 15) is 0 Å². The van der Waals surface area contributed by atoms with Gasteiger partial charge in [-0.05, 0) is 34.1 Å². The molecule has 0 bridgehead atoms. The number of thioether (sulfide) groups is 1. The number of hydrogen-bond donors (Lipinski definition) is 1. The van der Waals surface area contributed by atoms with Crippen molar-refractivity contribution < 1.29 is 4.74 Å². The van der Waals surface area contributed by atoms with Crippen LogP contribution in [0.3, 0.4) is 0 Å². The molecule has 0 aliphatic rings. The molecule has 0 atom stereocenters. The molecule has 0 saturated carbocycles. The lowest BCUT2D eigenvalue weighted by Gasteiger charge is -2.04. The third kappa shape index (κ3) is 2.40. The van der Waals surface area contributed by atoms with E-state index in [1.54, 1.807) is 18.9 Å². The second-order valence-electron chi connectivity index (χ2n) is 2.11. The van der Waals surface area contributed by atoms with Crippen LogP contribution in [0.25, 0.3) is 0 Å². The fourth-order valence-electron chi connectivity index (χ4n) is 0.833. The highest BCUT2D eigenvalue weighted by molar-refractivity contribution is 9.10. The number of rotatable bonds is 3. The van der Waals surface area contributed by atoms with Gasteiger partial charge in [0.15, 0.2) is 0 Å². The van der Waals surface area contributed by atoms with Crippen LogP contribution in [-0.4, -0.2) is 13.0 Å². The summed E-state index contributed by atoms with van der Waals surface area (Å²) < 4.78 is 6.05. The molecule has 66 valence electrons. The maximum atomic E-state index is 5.40. The molecule has 1 aromatic carbocycles. The summed E-state index contributed by atoms with van der Waals surface area (Å²) in [5.74, 6) is 1.44. The molecular weight excluding hydrogens is 238 g/mol. The number of ether oxygens (including phenoxy) is 1. The average molecular weight is 248 g/mol. The zero-order valence-electron chi connectivity index (χ0n) is 6.71. The first-order valence-electron chi connectivity index (χ1n) is 3.44. The van der Waals surface area contributed by atoms with Crippen molar-refractivity contribution in [2.45, 2.75) is 4.90 Å². The Morgan fingerprint density at radius 2 is 2.33 bits per heavy atom. The van der Waals surface area contributed by atoms with Gasteiger partial charge in [-0.3, -0.25) is 0 Å². The van der Waals surface area contributed by atoms with Gasteiger partial charge in [-0.2, -0.15) is 0 Å². The SMILES string of the molecule is COc1ccc(SCN)cc1Br. The lowest BCUT2D eigenvalue weighted by molar-refractivity contribution is 0.412. The van der Waals surface area contributed by atoms with Gasteiger partial charge in [0, 0.05) is 10.8 Å². The summed E-state index contributed by atoms with van der Waals surface area (Å²) in [5, 5.41) is 0. The van der Waals surface area contributed by atoms with E-state index >= 15 is 0 Å². The molecule has 0 amide bonds. The minimum absolute atomic E-state index is 0.596. The molecule has 2 nitrogen and oxygen atoms in total.